The molecule has 0 saturated carbocycles. The molecule has 0 spiro atoms. The van der Waals surface area contributed by atoms with Crippen molar-refractivity contribution < 1.29 is 18.3 Å². The molecule has 0 aromatic heterocycles. The smallest absolute Gasteiger partial charge is 0.178 e. The van der Waals surface area contributed by atoms with Crippen LogP contribution in [0.2, 0.25) is 0 Å². The molecule has 1 fully saturated rings. The summed E-state index contributed by atoms with van der Waals surface area (Å²) in [6.07, 6.45) is 0.491. The van der Waals surface area contributed by atoms with E-state index in [0.717, 1.165) is 25.6 Å². The molecule has 0 radical (unpaired) electrons. The zero-order valence-corrected chi connectivity index (χ0v) is 11.4. The van der Waals surface area contributed by atoms with Gasteiger partial charge in [-0.05, 0) is 0 Å². The van der Waals surface area contributed by atoms with Crippen molar-refractivity contribution in [3.63, 3.8) is 0 Å². The molecular formula is C14H18F2N2O2. The van der Waals surface area contributed by atoms with Gasteiger partial charge < -0.3 is 19.7 Å². The highest BCUT2D eigenvalue weighted by Crippen LogP contribution is 2.38. The van der Waals surface area contributed by atoms with Gasteiger partial charge in [0.25, 0.3) is 0 Å². The van der Waals surface area contributed by atoms with E-state index in [2.05, 4.69) is 5.32 Å². The molecule has 1 aromatic carbocycles. The SMILES string of the molecule is COC[C@@H]1C[C@@H]2CNCCN2c2cc(F)cc(F)c2O1. The molecular weight excluding hydrogens is 266 g/mol. The summed E-state index contributed by atoms with van der Waals surface area (Å²) in [6, 6.07) is 2.38. The molecule has 0 bridgehead atoms. The highest BCUT2D eigenvalue weighted by Gasteiger charge is 2.33. The van der Waals surface area contributed by atoms with Crippen LogP contribution in [0.4, 0.5) is 14.5 Å². The maximum absolute atomic E-state index is 14.0. The van der Waals surface area contributed by atoms with Gasteiger partial charge in [0.1, 0.15) is 11.9 Å². The summed E-state index contributed by atoms with van der Waals surface area (Å²) in [7, 11) is 1.59. The minimum absolute atomic E-state index is 0.137. The number of piperazine rings is 1. The quantitative estimate of drug-likeness (QED) is 0.893. The number of nitrogens with zero attached hydrogens (tertiary/aromatic N) is 1. The number of rotatable bonds is 2. The Labute approximate surface area is 116 Å². The van der Waals surface area contributed by atoms with Gasteiger partial charge in [0, 0.05) is 51.3 Å². The number of fused-ring (bicyclic) bond motifs is 3. The molecule has 0 amide bonds. The molecule has 2 aliphatic heterocycles. The summed E-state index contributed by atoms with van der Waals surface area (Å²) < 4.78 is 38.4. The Kier molecular flexibility index (Phi) is 3.76. The monoisotopic (exact) mass is 284 g/mol. The highest BCUT2D eigenvalue weighted by atomic mass is 19.1. The van der Waals surface area contributed by atoms with Crippen LogP contribution in [0.15, 0.2) is 12.1 Å². The van der Waals surface area contributed by atoms with Crippen LogP contribution in [0.5, 0.6) is 5.75 Å². The fraction of sp³-hybridized carbons (Fsp3) is 0.571. The average Bonchev–Trinajstić information content (AvgIpc) is 2.57. The molecule has 6 heteroatoms. The van der Waals surface area contributed by atoms with Crippen molar-refractivity contribution >= 4 is 5.69 Å². The van der Waals surface area contributed by atoms with E-state index in [1.807, 2.05) is 4.90 Å². The van der Waals surface area contributed by atoms with Crippen LogP contribution >= 0.6 is 0 Å². The predicted molar refractivity (Wildman–Crippen MR) is 71.3 cm³/mol. The summed E-state index contributed by atoms with van der Waals surface area (Å²) in [5, 5.41) is 3.31. The number of methoxy groups -OCH3 is 1. The molecule has 0 unspecified atom stereocenters. The third-order valence-electron chi connectivity index (χ3n) is 3.82. The highest BCUT2D eigenvalue weighted by molar-refractivity contribution is 5.61. The zero-order valence-electron chi connectivity index (χ0n) is 11.4. The molecule has 110 valence electrons. The fourth-order valence-corrected chi connectivity index (χ4v) is 2.97. The van der Waals surface area contributed by atoms with Crippen LogP contribution in [0.1, 0.15) is 6.42 Å². The van der Waals surface area contributed by atoms with E-state index >= 15 is 0 Å². The second kappa shape index (κ2) is 5.54. The van der Waals surface area contributed by atoms with Crippen LogP contribution in [-0.2, 0) is 4.74 Å². The van der Waals surface area contributed by atoms with Gasteiger partial charge in [-0.25, -0.2) is 8.78 Å². The minimum Gasteiger partial charge on any atom is -0.483 e. The van der Waals surface area contributed by atoms with Crippen molar-refractivity contribution in [1.82, 2.24) is 5.32 Å². The Morgan fingerprint density at radius 3 is 3.10 bits per heavy atom. The third-order valence-corrected chi connectivity index (χ3v) is 3.82. The predicted octanol–water partition coefficient (Wildman–Crippen LogP) is 1.54. The van der Waals surface area contributed by atoms with E-state index in [1.165, 1.54) is 6.07 Å². The molecule has 2 atom stereocenters. The van der Waals surface area contributed by atoms with Gasteiger partial charge in [-0.1, -0.05) is 0 Å². The second-order valence-electron chi connectivity index (χ2n) is 5.22. The first-order valence-corrected chi connectivity index (χ1v) is 6.81. The summed E-state index contributed by atoms with van der Waals surface area (Å²) >= 11 is 0. The van der Waals surface area contributed by atoms with Gasteiger partial charge in [-0.2, -0.15) is 0 Å². The average molecular weight is 284 g/mol. The number of hydrogen-bond acceptors (Lipinski definition) is 4. The molecule has 1 saturated heterocycles. The van der Waals surface area contributed by atoms with E-state index in [1.54, 1.807) is 7.11 Å². The lowest BCUT2D eigenvalue weighted by molar-refractivity contribution is 0.0720. The summed E-state index contributed by atoms with van der Waals surface area (Å²) in [5.74, 6) is -1.09. The number of ether oxygens (including phenoxy) is 2. The molecule has 20 heavy (non-hydrogen) atoms. The Hall–Kier alpha value is -1.40. The van der Waals surface area contributed by atoms with Crippen LogP contribution in [0, 0.1) is 11.6 Å². The number of halogens is 2. The topological polar surface area (TPSA) is 33.7 Å². The Morgan fingerprint density at radius 2 is 2.30 bits per heavy atom. The first kappa shape index (κ1) is 13.6. The number of benzene rings is 1. The van der Waals surface area contributed by atoms with E-state index in [0.29, 0.717) is 18.8 Å². The van der Waals surface area contributed by atoms with Crippen LogP contribution in [0.3, 0.4) is 0 Å². The van der Waals surface area contributed by atoms with Gasteiger partial charge in [-0.3, -0.25) is 0 Å². The second-order valence-corrected chi connectivity index (χ2v) is 5.22. The van der Waals surface area contributed by atoms with Crippen molar-refractivity contribution in [2.24, 2.45) is 0 Å². The van der Waals surface area contributed by atoms with Gasteiger partial charge in [-0.15, -0.1) is 0 Å². The molecule has 1 aromatic rings. The van der Waals surface area contributed by atoms with E-state index in [-0.39, 0.29) is 17.9 Å². The lowest BCUT2D eigenvalue weighted by Gasteiger charge is -2.37. The van der Waals surface area contributed by atoms with Gasteiger partial charge in [0.15, 0.2) is 11.6 Å². The standard InChI is InChI=1S/C14H18F2N2O2/c1-19-8-11-6-10-7-17-2-3-18(10)13-5-9(15)4-12(16)14(13)20-11/h4-5,10-11,17H,2-3,6-8H2,1H3/t10-,11+/m1/s1. The van der Waals surface area contributed by atoms with Crippen molar-refractivity contribution in [2.45, 2.75) is 18.6 Å². The van der Waals surface area contributed by atoms with Crippen molar-refractivity contribution in [2.75, 3.05) is 38.3 Å². The third kappa shape index (κ3) is 2.45. The van der Waals surface area contributed by atoms with Crippen molar-refractivity contribution in [3.05, 3.63) is 23.8 Å². The summed E-state index contributed by atoms with van der Waals surface area (Å²) in [5.41, 5.74) is 0.507. The number of nitrogens with one attached hydrogen (secondary N) is 1. The van der Waals surface area contributed by atoms with Gasteiger partial charge in [0.2, 0.25) is 0 Å². The zero-order chi connectivity index (χ0) is 14.1. The molecule has 2 heterocycles. The first-order valence-electron chi connectivity index (χ1n) is 6.81. The van der Waals surface area contributed by atoms with Crippen LogP contribution in [-0.4, -0.2) is 45.5 Å². The maximum atomic E-state index is 14.0. The summed E-state index contributed by atoms with van der Waals surface area (Å²) in [4.78, 5) is 2.04. The Morgan fingerprint density at radius 1 is 1.45 bits per heavy atom. The van der Waals surface area contributed by atoms with Crippen LogP contribution < -0.4 is 15.0 Å². The largest absolute Gasteiger partial charge is 0.483 e. The van der Waals surface area contributed by atoms with E-state index in [4.69, 9.17) is 9.47 Å². The van der Waals surface area contributed by atoms with E-state index < -0.39 is 11.6 Å². The molecule has 4 nitrogen and oxygen atoms in total. The molecule has 0 aliphatic carbocycles. The number of anilines is 1. The number of hydrogen-bond donors (Lipinski definition) is 1. The first-order chi connectivity index (χ1) is 9.69. The minimum atomic E-state index is -0.653. The van der Waals surface area contributed by atoms with Gasteiger partial charge in [0.05, 0.1) is 12.3 Å². The fourth-order valence-electron chi connectivity index (χ4n) is 2.97. The van der Waals surface area contributed by atoms with Gasteiger partial charge >= 0.3 is 0 Å². The van der Waals surface area contributed by atoms with Crippen molar-refractivity contribution in [3.8, 4) is 5.75 Å². The maximum Gasteiger partial charge on any atom is 0.178 e. The molecule has 2 aliphatic rings. The Balaban J connectivity index is 2.02. The lowest BCUT2D eigenvalue weighted by Crippen LogP contribution is -2.52. The molecule has 3 rings (SSSR count). The molecule has 1 N–H and O–H groups in total. The summed E-state index contributed by atoms with van der Waals surface area (Å²) in [6.45, 7) is 2.67. The normalized spacial score (nSPS) is 25.4. The Bertz CT molecular complexity index is 498. The van der Waals surface area contributed by atoms with Crippen molar-refractivity contribution in [1.29, 1.82) is 0 Å². The lowest BCUT2D eigenvalue weighted by atomic mass is 10.1. The van der Waals surface area contributed by atoms with E-state index in [9.17, 15) is 8.78 Å². The van der Waals surface area contributed by atoms with Crippen LogP contribution in [0.25, 0.3) is 0 Å².